The Morgan fingerprint density at radius 1 is 1.06 bits per heavy atom. The Labute approximate surface area is 222 Å². The van der Waals surface area contributed by atoms with Crippen molar-refractivity contribution in [2.24, 2.45) is 11.8 Å². The fourth-order valence-electron chi connectivity index (χ4n) is 4.68. The number of methoxy groups -OCH3 is 1. The first kappa shape index (κ1) is 26.3. The second-order valence-electron chi connectivity index (χ2n) is 9.40. The number of nitrogens with one attached hydrogen (secondary N) is 1. The number of carbonyl (C=O) groups excluding carboxylic acids is 1. The molecule has 7 heteroatoms. The van der Waals surface area contributed by atoms with Gasteiger partial charge in [-0.25, -0.2) is 0 Å². The van der Waals surface area contributed by atoms with Gasteiger partial charge in [0.1, 0.15) is 11.5 Å². The van der Waals surface area contributed by atoms with E-state index < -0.39 is 0 Å². The second-order valence-corrected chi connectivity index (χ2v) is 10.2. The first-order chi connectivity index (χ1) is 17.3. The Morgan fingerprint density at radius 2 is 1.83 bits per heavy atom. The van der Waals surface area contributed by atoms with Gasteiger partial charge >= 0.3 is 0 Å². The summed E-state index contributed by atoms with van der Waals surface area (Å²) in [5.74, 6) is 2.04. The van der Waals surface area contributed by atoms with Crippen LogP contribution in [0.1, 0.15) is 43.4 Å². The van der Waals surface area contributed by atoms with Crippen LogP contribution in [0, 0.1) is 11.8 Å². The van der Waals surface area contributed by atoms with Crippen molar-refractivity contribution in [3.05, 3.63) is 87.9 Å². The van der Waals surface area contributed by atoms with Gasteiger partial charge in [-0.2, -0.15) is 0 Å². The number of anilines is 1. The van der Waals surface area contributed by atoms with Crippen LogP contribution >= 0.6 is 23.2 Å². The van der Waals surface area contributed by atoms with Gasteiger partial charge in [-0.1, -0.05) is 55.2 Å². The number of benzene rings is 3. The van der Waals surface area contributed by atoms with Gasteiger partial charge in [-0.3, -0.25) is 4.79 Å². The van der Waals surface area contributed by atoms with Crippen LogP contribution in [0.2, 0.25) is 10.0 Å². The van der Waals surface area contributed by atoms with Gasteiger partial charge in [0.05, 0.1) is 19.8 Å². The predicted molar refractivity (Wildman–Crippen MR) is 144 cm³/mol. The van der Waals surface area contributed by atoms with Gasteiger partial charge in [0.2, 0.25) is 0 Å². The molecule has 0 radical (unpaired) electrons. The summed E-state index contributed by atoms with van der Waals surface area (Å²) in [6.45, 7) is 4.92. The Bertz CT molecular complexity index is 1180. The fraction of sp³-hybridized carbons (Fsp3) is 0.345. The highest BCUT2D eigenvalue weighted by atomic mass is 35.5. The zero-order valence-electron chi connectivity index (χ0n) is 20.7. The maximum absolute atomic E-state index is 12.4. The molecule has 0 spiro atoms. The summed E-state index contributed by atoms with van der Waals surface area (Å²) in [5, 5.41) is 4.14. The average Bonchev–Trinajstić information content (AvgIpc) is 2.88. The van der Waals surface area contributed by atoms with Crippen molar-refractivity contribution < 1.29 is 19.0 Å². The molecule has 3 atom stereocenters. The summed E-state index contributed by atoms with van der Waals surface area (Å²) in [4.78, 5) is 12.4. The van der Waals surface area contributed by atoms with Crippen LogP contribution in [-0.2, 0) is 9.53 Å². The Balaban J connectivity index is 1.40. The number of rotatable bonds is 8. The molecule has 1 N–H and O–H groups in total. The first-order valence-electron chi connectivity index (χ1n) is 12.1. The van der Waals surface area contributed by atoms with Crippen molar-refractivity contribution in [2.45, 2.75) is 32.3 Å². The van der Waals surface area contributed by atoms with E-state index in [0.29, 0.717) is 39.9 Å². The summed E-state index contributed by atoms with van der Waals surface area (Å²) in [6, 6.07) is 20.6. The lowest BCUT2D eigenvalue weighted by Gasteiger charge is -2.39. The molecule has 0 bridgehead atoms. The van der Waals surface area contributed by atoms with Crippen LogP contribution in [-0.4, -0.2) is 26.2 Å². The van der Waals surface area contributed by atoms with E-state index in [1.54, 1.807) is 37.4 Å². The molecule has 0 aliphatic carbocycles. The molecule has 1 heterocycles. The normalized spacial score (nSPS) is 19.7. The lowest BCUT2D eigenvalue weighted by molar-refractivity contribution is -0.118. The maximum atomic E-state index is 12.4. The monoisotopic (exact) mass is 527 g/mol. The van der Waals surface area contributed by atoms with Crippen molar-refractivity contribution >= 4 is 34.8 Å². The molecule has 1 amide bonds. The highest BCUT2D eigenvalue weighted by molar-refractivity contribution is 6.35. The van der Waals surface area contributed by atoms with Gasteiger partial charge in [0.25, 0.3) is 5.91 Å². The topological polar surface area (TPSA) is 56.8 Å². The minimum Gasteiger partial charge on any atom is -0.497 e. The lowest BCUT2D eigenvalue weighted by atomic mass is 9.76. The molecule has 5 nitrogen and oxygen atoms in total. The van der Waals surface area contributed by atoms with Crippen molar-refractivity contribution in [1.29, 1.82) is 0 Å². The predicted octanol–water partition coefficient (Wildman–Crippen LogP) is 7.54. The SMILES string of the molecule is COc1ccc(NC(=O)COc2cccc([C@@H]3OC[C@@H](c4ccc(Cl)cc4Cl)C[C@H]3C(C)C)c2)cc1. The van der Waals surface area contributed by atoms with Crippen LogP contribution < -0.4 is 14.8 Å². The fourth-order valence-corrected chi connectivity index (χ4v) is 5.24. The molecule has 3 aromatic rings. The number of halogens is 2. The van der Waals surface area contributed by atoms with Crippen LogP contribution in [0.5, 0.6) is 11.5 Å². The highest BCUT2D eigenvalue weighted by Gasteiger charge is 2.35. The summed E-state index contributed by atoms with van der Waals surface area (Å²) >= 11 is 12.6. The van der Waals surface area contributed by atoms with Gasteiger partial charge < -0.3 is 19.5 Å². The van der Waals surface area contributed by atoms with E-state index in [9.17, 15) is 4.79 Å². The Morgan fingerprint density at radius 3 is 2.53 bits per heavy atom. The number of carbonyl (C=O) groups is 1. The Hall–Kier alpha value is -2.73. The van der Waals surface area contributed by atoms with Crippen LogP contribution in [0.3, 0.4) is 0 Å². The molecule has 1 saturated heterocycles. The molecule has 36 heavy (non-hydrogen) atoms. The lowest BCUT2D eigenvalue weighted by Crippen LogP contribution is -2.31. The van der Waals surface area contributed by atoms with E-state index in [1.165, 1.54) is 0 Å². The summed E-state index contributed by atoms with van der Waals surface area (Å²) in [6.07, 6.45) is 0.892. The average molecular weight is 528 g/mol. The standard InChI is InChI=1S/C29H31Cl2NO4/c1-18(2)26-14-20(25-12-7-21(30)15-27(25)31)16-36-29(26)19-5-4-6-24(13-19)35-17-28(33)32-22-8-10-23(34-3)11-9-22/h4-13,15,18,20,26,29H,14,16-17H2,1-3H3,(H,32,33)/t20-,26-,29-/m0/s1. The molecule has 4 rings (SSSR count). The summed E-state index contributed by atoms with van der Waals surface area (Å²) in [5.41, 5.74) is 2.80. The number of hydrogen-bond donors (Lipinski definition) is 1. The number of amides is 1. The van der Waals surface area contributed by atoms with E-state index in [4.69, 9.17) is 37.4 Å². The van der Waals surface area contributed by atoms with Gasteiger partial charge in [-0.15, -0.1) is 0 Å². The second kappa shape index (κ2) is 12.0. The third-order valence-electron chi connectivity index (χ3n) is 6.61. The van der Waals surface area contributed by atoms with Gasteiger partial charge in [-0.05, 0) is 77.9 Å². The molecule has 1 aliphatic rings. The molecule has 190 valence electrons. The number of hydrogen-bond acceptors (Lipinski definition) is 4. The van der Waals surface area contributed by atoms with Crippen molar-refractivity contribution in [3.63, 3.8) is 0 Å². The summed E-state index contributed by atoms with van der Waals surface area (Å²) in [7, 11) is 1.60. The van der Waals surface area contributed by atoms with Crippen molar-refractivity contribution in [3.8, 4) is 11.5 Å². The molecular formula is C29H31Cl2NO4. The minimum atomic E-state index is -0.234. The van der Waals surface area contributed by atoms with E-state index in [0.717, 1.165) is 23.3 Å². The molecule has 3 aromatic carbocycles. The maximum Gasteiger partial charge on any atom is 0.262 e. The van der Waals surface area contributed by atoms with E-state index in [1.807, 2.05) is 30.3 Å². The zero-order valence-corrected chi connectivity index (χ0v) is 22.2. The van der Waals surface area contributed by atoms with Gasteiger partial charge in [0, 0.05) is 21.7 Å². The third kappa shape index (κ3) is 6.52. The molecule has 0 aromatic heterocycles. The molecule has 1 fully saturated rings. The first-order valence-corrected chi connectivity index (χ1v) is 12.8. The van der Waals surface area contributed by atoms with E-state index >= 15 is 0 Å². The zero-order chi connectivity index (χ0) is 25.7. The van der Waals surface area contributed by atoms with Crippen molar-refractivity contribution in [2.75, 3.05) is 25.6 Å². The smallest absolute Gasteiger partial charge is 0.262 e. The third-order valence-corrected chi connectivity index (χ3v) is 7.17. The van der Waals surface area contributed by atoms with E-state index in [-0.39, 0.29) is 24.5 Å². The van der Waals surface area contributed by atoms with Crippen LogP contribution in [0.15, 0.2) is 66.7 Å². The minimum absolute atomic E-state index is 0.0657. The quantitative estimate of drug-likeness (QED) is 0.328. The largest absolute Gasteiger partial charge is 0.497 e. The summed E-state index contributed by atoms with van der Waals surface area (Å²) < 4.78 is 17.4. The molecular weight excluding hydrogens is 497 g/mol. The van der Waals surface area contributed by atoms with Gasteiger partial charge in [0.15, 0.2) is 6.61 Å². The molecule has 1 aliphatic heterocycles. The molecule has 0 unspecified atom stereocenters. The van der Waals surface area contributed by atoms with Crippen LogP contribution in [0.25, 0.3) is 0 Å². The van der Waals surface area contributed by atoms with Crippen molar-refractivity contribution in [1.82, 2.24) is 0 Å². The van der Waals surface area contributed by atoms with E-state index in [2.05, 4.69) is 25.2 Å². The molecule has 0 saturated carbocycles. The highest BCUT2D eigenvalue weighted by Crippen LogP contribution is 2.45. The van der Waals surface area contributed by atoms with Crippen LogP contribution in [0.4, 0.5) is 5.69 Å². The number of ether oxygens (including phenoxy) is 3. The Kier molecular flexibility index (Phi) is 8.78.